The lowest BCUT2D eigenvalue weighted by molar-refractivity contribution is 0.271. The molecule has 4 heteroatoms. The first-order chi connectivity index (χ1) is 8.74. The van der Waals surface area contributed by atoms with Crippen LogP contribution in [-0.2, 0) is 0 Å². The Balaban J connectivity index is 2.31. The molecule has 1 fully saturated rings. The first-order valence-electron chi connectivity index (χ1n) is 6.58. The summed E-state index contributed by atoms with van der Waals surface area (Å²) in [6.07, 6.45) is 1.93. The molecule has 2 N–H and O–H groups in total. The van der Waals surface area contributed by atoms with Crippen molar-refractivity contribution in [1.29, 1.82) is 0 Å². The van der Waals surface area contributed by atoms with E-state index in [1.807, 2.05) is 6.07 Å². The maximum atomic E-state index is 9.26. The van der Waals surface area contributed by atoms with Crippen LogP contribution in [-0.4, -0.2) is 36.9 Å². The summed E-state index contributed by atoms with van der Waals surface area (Å²) < 4.78 is 1.13. The molecule has 1 aromatic rings. The van der Waals surface area contributed by atoms with Crippen molar-refractivity contribution in [2.45, 2.75) is 31.8 Å². The molecule has 0 radical (unpaired) electrons. The first kappa shape index (κ1) is 13.8. The van der Waals surface area contributed by atoms with Crippen LogP contribution < -0.4 is 10.2 Å². The third-order valence-electron chi connectivity index (χ3n) is 3.58. The van der Waals surface area contributed by atoms with Crippen molar-refractivity contribution >= 4 is 21.6 Å². The number of hydrogen-bond acceptors (Lipinski definition) is 3. The van der Waals surface area contributed by atoms with E-state index in [-0.39, 0.29) is 6.61 Å². The molecule has 1 aliphatic heterocycles. The van der Waals surface area contributed by atoms with Gasteiger partial charge in [-0.15, -0.1) is 0 Å². The van der Waals surface area contributed by atoms with Gasteiger partial charge in [0.2, 0.25) is 0 Å². The monoisotopic (exact) mass is 312 g/mol. The van der Waals surface area contributed by atoms with Crippen LogP contribution in [0.15, 0.2) is 28.7 Å². The predicted molar refractivity (Wildman–Crippen MR) is 79.1 cm³/mol. The fraction of sp³-hybridized carbons (Fsp3) is 0.571. The normalized spacial score (nSPS) is 24.9. The second-order valence-corrected chi connectivity index (χ2v) is 5.72. The third-order valence-corrected chi connectivity index (χ3v) is 4.25. The molecule has 0 saturated carbocycles. The Morgan fingerprint density at radius 2 is 2.22 bits per heavy atom. The van der Waals surface area contributed by atoms with Gasteiger partial charge in [0.25, 0.3) is 0 Å². The summed E-state index contributed by atoms with van der Waals surface area (Å²) in [6, 6.07) is 9.17. The van der Waals surface area contributed by atoms with Crippen molar-refractivity contribution in [3.63, 3.8) is 0 Å². The van der Waals surface area contributed by atoms with E-state index in [2.05, 4.69) is 51.3 Å². The van der Waals surface area contributed by atoms with Gasteiger partial charge in [-0.05, 0) is 54.4 Å². The van der Waals surface area contributed by atoms with E-state index >= 15 is 0 Å². The zero-order chi connectivity index (χ0) is 13.0. The summed E-state index contributed by atoms with van der Waals surface area (Å²) in [5, 5.41) is 12.7. The lowest BCUT2D eigenvalue weighted by Gasteiger charge is -2.37. The third kappa shape index (κ3) is 3.05. The maximum Gasteiger partial charge on any atom is 0.0516 e. The van der Waals surface area contributed by atoms with Crippen LogP contribution in [0, 0.1) is 0 Å². The summed E-state index contributed by atoms with van der Waals surface area (Å²) in [5.74, 6) is 0. The zero-order valence-corrected chi connectivity index (χ0v) is 12.4. The Labute approximate surface area is 117 Å². The second kappa shape index (κ2) is 6.55. The van der Waals surface area contributed by atoms with Crippen LogP contribution in [0.25, 0.3) is 0 Å². The molecule has 0 aliphatic carbocycles. The van der Waals surface area contributed by atoms with Gasteiger partial charge in [-0.2, -0.15) is 0 Å². The van der Waals surface area contributed by atoms with Gasteiger partial charge in [0.1, 0.15) is 0 Å². The summed E-state index contributed by atoms with van der Waals surface area (Å²) in [4.78, 5) is 2.44. The molecule has 0 aromatic heterocycles. The molecule has 18 heavy (non-hydrogen) atoms. The highest BCUT2D eigenvalue weighted by Gasteiger charge is 2.26. The van der Waals surface area contributed by atoms with E-state index in [0.717, 1.165) is 30.4 Å². The number of anilines is 1. The molecule has 2 unspecified atom stereocenters. The van der Waals surface area contributed by atoms with Gasteiger partial charge in [-0.1, -0.05) is 12.1 Å². The van der Waals surface area contributed by atoms with Gasteiger partial charge < -0.3 is 15.3 Å². The average Bonchev–Trinajstić information content (AvgIpc) is 2.53. The summed E-state index contributed by atoms with van der Waals surface area (Å²) >= 11 is 3.64. The fourth-order valence-electron chi connectivity index (χ4n) is 2.66. The van der Waals surface area contributed by atoms with E-state index in [0.29, 0.717) is 12.1 Å². The van der Waals surface area contributed by atoms with Crippen LogP contribution in [0.4, 0.5) is 5.69 Å². The summed E-state index contributed by atoms with van der Waals surface area (Å²) in [7, 11) is 0. The van der Waals surface area contributed by atoms with Crippen LogP contribution in [0.1, 0.15) is 19.8 Å². The molecule has 0 amide bonds. The highest BCUT2D eigenvalue weighted by molar-refractivity contribution is 9.10. The van der Waals surface area contributed by atoms with Crippen LogP contribution >= 0.6 is 15.9 Å². The molecule has 2 rings (SSSR count). The zero-order valence-electron chi connectivity index (χ0n) is 10.8. The quantitative estimate of drug-likeness (QED) is 0.899. The molecule has 1 heterocycles. The highest BCUT2D eigenvalue weighted by atomic mass is 79.9. The second-order valence-electron chi connectivity index (χ2n) is 4.87. The fourth-order valence-corrected chi connectivity index (χ4v) is 3.15. The molecule has 0 bridgehead atoms. The van der Waals surface area contributed by atoms with Gasteiger partial charge in [0, 0.05) is 29.7 Å². The Hall–Kier alpha value is -0.580. The average molecular weight is 313 g/mol. The topological polar surface area (TPSA) is 35.5 Å². The van der Waals surface area contributed by atoms with Gasteiger partial charge >= 0.3 is 0 Å². The van der Waals surface area contributed by atoms with Crippen LogP contribution in [0.3, 0.4) is 0 Å². The smallest absolute Gasteiger partial charge is 0.0516 e. The van der Waals surface area contributed by atoms with Crippen molar-refractivity contribution in [2.75, 3.05) is 24.6 Å². The molecule has 1 saturated heterocycles. The van der Waals surface area contributed by atoms with Gasteiger partial charge in [-0.3, -0.25) is 0 Å². The minimum Gasteiger partial charge on any atom is -0.396 e. The summed E-state index contributed by atoms with van der Waals surface area (Å²) in [6.45, 7) is 4.48. The molecule has 0 spiro atoms. The lowest BCUT2D eigenvalue weighted by Crippen LogP contribution is -2.44. The maximum absolute atomic E-state index is 9.26. The Morgan fingerprint density at radius 3 is 2.94 bits per heavy atom. The van der Waals surface area contributed by atoms with Crippen molar-refractivity contribution in [3.8, 4) is 0 Å². The van der Waals surface area contributed by atoms with Gasteiger partial charge in [0.05, 0.1) is 5.69 Å². The molecule has 1 aromatic carbocycles. The van der Waals surface area contributed by atoms with E-state index in [4.69, 9.17) is 0 Å². The highest BCUT2D eigenvalue weighted by Crippen LogP contribution is 2.31. The first-order valence-corrected chi connectivity index (χ1v) is 7.37. The number of nitrogens with zero attached hydrogens (tertiary/aromatic N) is 1. The number of nitrogens with one attached hydrogen (secondary N) is 1. The number of hydrogen-bond donors (Lipinski definition) is 2. The Kier molecular flexibility index (Phi) is 5.03. The SMILES string of the molecule is CC1CCNCC(CCO)N1c1ccccc1Br. The lowest BCUT2D eigenvalue weighted by atomic mass is 10.1. The van der Waals surface area contributed by atoms with E-state index in [1.54, 1.807) is 0 Å². The molecule has 3 nitrogen and oxygen atoms in total. The van der Waals surface area contributed by atoms with E-state index < -0.39 is 0 Å². The molecule has 100 valence electrons. The minimum atomic E-state index is 0.236. The van der Waals surface area contributed by atoms with Crippen molar-refractivity contribution < 1.29 is 5.11 Å². The molecule has 1 aliphatic rings. The van der Waals surface area contributed by atoms with E-state index in [1.165, 1.54) is 5.69 Å². The van der Waals surface area contributed by atoms with Crippen molar-refractivity contribution in [2.24, 2.45) is 0 Å². The Bertz CT molecular complexity index is 386. The van der Waals surface area contributed by atoms with Crippen LogP contribution in [0.5, 0.6) is 0 Å². The number of benzene rings is 1. The Morgan fingerprint density at radius 1 is 1.44 bits per heavy atom. The number of aliphatic hydroxyl groups excluding tert-OH is 1. The van der Waals surface area contributed by atoms with Gasteiger partial charge in [0.15, 0.2) is 0 Å². The number of halogens is 1. The van der Waals surface area contributed by atoms with Crippen molar-refractivity contribution in [1.82, 2.24) is 5.32 Å². The van der Waals surface area contributed by atoms with Crippen LogP contribution in [0.2, 0.25) is 0 Å². The summed E-state index contributed by atoms with van der Waals surface area (Å²) in [5.41, 5.74) is 1.23. The molecular formula is C14H21BrN2O. The number of rotatable bonds is 3. The number of para-hydroxylation sites is 1. The van der Waals surface area contributed by atoms with Gasteiger partial charge in [-0.25, -0.2) is 0 Å². The molecule has 2 atom stereocenters. The van der Waals surface area contributed by atoms with E-state index in [9.17, 15) is 5.11 Å². The molecular weight excluding hydrogens is 292 g/mol. The minimum absolute atomic E-state index is 0.236. The predicted octanol–water partition coefficient (Wildman–Crippen LogP) is 2.39. The van der Waals surface area contributed by atoms with Crippen molar-refractivity contribution in [3.05, 3.63) is 28.7 Å². The number of aliphatic hydroxyl groups is 1. The largest absolute Gasteiger partial charge is 0.396 e. The standard InChI is InChI=1S/C14H21BrN2O/c1-11-6-8-16-10-12(7-9-18)17(11)14-5-3-2-4-13(14)15/h2-5,11-12,16,18H,6-10H2,1H3.